The highest BCUT2D eigenvalue weighted by Gasteiger charge is 2.17. The zero-order chi connectivity index (χ0) is 17.7. The van der Waals surface area contributed by atoms with Gasteiger partial charge in [-0.05, 0) is 61.6 Å². The summed E-state index contributed by atoms with van der Waals surface area (Å²) in [5.74, 6) is 0. The first kappa shape index (κ1) is 15.6. The Hall–Kier alpha value is -2.87. The highest BCUT2D eigenvalue weighted by molar-refractivity contribution is 6.09. The summed E-state index contributed by atoms with van der Waals surface area (Å²) in [4.78, 5) is 12.6. The summed E-state index contributed by atoms with van der Waals surface area (Å²) in [5.41, 5.74) is 7.18. The molecule has 4 rings (SSSR count). The Balaban J connectivity index is 2.22. The number of rotatable bonds is 1. The molecule has 0 atom stereocenters. The second kappa shape index (κ2) is 5.59. The van der Waals surface area contributed by atoms with Gasteiger partial charge in [0.2, 0.25) is 0 Å². The normalized spacial score (nSPS) is 11.4. The smallest absolute Gasteiger partial charge is 0.344 e. The molecule has 1 aromatic heterocycles. The van der Waals surface area contributed by atoms with E-state index >= 15 is 0 Å². The molecule has 0 saturated carbocycles. The summed E-state index contributed by atoms with van der Waals surface area (Å²) in [6.07, 6.45) is 0. The van der Waals surface area contributed by atoms with Crippen molar-refractivity contribution in [2.75, 3.05) is 0 Å². The van der Waals surface area contributed by atoms with Gasteiger partial charge in [0.1, 0.15) is 5.58 Å². The number of hydrogen-bond acceptors (Lipinski definition) is 2. The summed E-state index contributed by atoms with van der Waals surface area (Å²) < 4.78 is 5.79. The Labute approximate surface area is 146 Å². The van der Waals surface area contributed by atoms with E-state index in [1.54, 1.807) is 0 Å². The molecule has 0 spiro atoms. The molecule has 25 heavy (non-hydrogen) atoms. The van der Waals surface area contributed by atoms with Gasteiger partial charge in [-0.3, -0.25) is 0 Å². The molecule has 0 saturated heterocycles. The van der Waals surface area contributed by atoms with E-state index in [-0.39, 0.29) is 5.63 Å². The van der Waals surface area contributed by atoms with Crippen LogP contribution in [0.1, 0.15) is 22.3 Å². The maximum absolute atomic E-state index is 12.6. The zero-order valence-electron chi connectivity index (χ0n) is 14.9. The van der Waals surface area contributed by atoms with Crippen LogP contribution in [0.2, 0.25) is 0 Å². The number of hydrogen-bond donors (Lipinski definition) is 0. The molecule has 0 aliphatic rings. The Morgan fingerprint density at radius 2 is 1.44 bits per heavy atom. The average Bonchev–Trinajstić information content (AvgIpc) is 2.59. The topological polar surface area (TPSA) is 30.2 Å². The van der Waals surface area contributed by atoms with E-state index in [2.05, 4.69) is 32.0 Å². The lowest BCUT2D eigenvalue weighted by atomic mass is 9.90. The van der Waals surface area contributed by atoms with E-state index in [0.717, 1.165) is 33.0 Å². The van der Waals surface area contributed by atoms with Gasteiger partial charge < -0.3 is 4.42 Å². The van der Waals surface area contributed by atoms with Crippen molar-refractivity contribution in [2.45, 2.75) is 27.7 Å². The lowest BCUT2D eigenvalue weighted by Crippen LogP contribution is -2.03. The molecule has 0 fully saturated rings. The van der Waals surface area contributed by atoms with Crippen LogP contribution in [0, 0.1) is 27.7 Å². The van der Waals surface area contributed by atoms with Gasteiger partial charge in [0.25, 0.3) is 0 Å². The highest BCUT2D eigenvalue weighted by atomic mass is 16.4. The van der Waals surface area contributed by atoms with E-state index in [0.29, 0.717) is 11.0 Å². The van der Waals surface area contributed by atoms with Crippen LogP contribution in [0.4, 0.5) is 0 Å². The molecule has 1 heterocycles. The Morgan fingerprint density at radius 3 is 2.20 bits per heavy atom. The lowest BCUT2D eigenvalue weighted by Gasteiger charge is -2.15. The fourth-order valence-corrected chi connectivity index (χ4v) is 3.80. The van der Waals surface area contributed by atoms with Crippen molar-refractivity contribution in [2.24, 2.45) is 0 Å². The van der Waals surface area contributed by atoms with Crippen molar-refractivity contribution in [3.8, 4) is 11.1 Å². The zero-order valence-corrected chi connectivity index (χ0v) is 14.9. The van der Waals surface area contributed by atoms with Crippen LogP contribution < -0.4 is 5.63 Å². The second-order valence-electron chi connectivity index (χ2n) is 6.77. The number of fused-ring (bicyclic) bond motifs is 3. The first-order valence-electron chi connectivity index (χ1n) is 8.51. The van der Waals surface area contributed by atoms with Gasteiger partial charge in [0, 0.05) is 16.3 Å². The van der Waals surface area contributed by atoms with E-state index in [1.165, 1.54) is 11.1 Å². The Bertz CT molecular complexity index is 1200. The molecule has 124 valence electrons. The van der Waals surface area contributed by atoms with Crippen LogP contribution in [0.25, 0.3) is 32.9 Å². The highest BCUT2D eigenvalue weighted by Crippen LogP contribution is 2.36. The molecule has 4 aromatic rings. The third-order valence-corrected chi connectivity index (χ3v) is 5.10. The van der Waals surface area contributed by atoms with E-state index < -0.39 is 0 Å². The summed E-state index contributed by atoms with van der Waals surface area (Å²) in [7, 11) is 0. The van der Waals surface area contributed by atoms with Crippen molar-refractivity contribution >= 4 is 21.7 Å². The SMILES string of the molecule is Cc1ccccc1-c1cc(C)c2c(oc(=O)c3cccc(C)c32)c1C. The van der Waals surface area contributed by atoms with Crippen molar-refractivity contribution in [1.29, 1.82) is 0 Å². The van der Waals surface area contributed by atoms with Crippen LogP contribution in [0.3, 0.4) is 0 Å². The van der Waals surface area contributed by atoms with Crippen LogP contribution >= 0.6 is 0 Å². The van der Waals surface area contributed by atoms with Crippen molar-refractivity contribution in [1.82, 2.24) is 0 Å². The number of benzene rings is 3. The number of aryl methyl sites for hydroxylation is 4. The van der Waals surface area contributed by atoms with Crippen LogP contribution in [0.5, 0.6) is 0 Å². The van der Waals surface area contributed by atoms with Crippen LogP contribution in [0.15, 0.2) is 57.7 Å². The lowest BCUT2D eigenvalue weighted by molar-refractivity contribution is 0.567. The predicted molar refractivity (Wildman–Crippen MR) is 104 cm³/mol. The van der Waals surface area contributed by atoms with Gasteiger partial charge in [-0.1, -0.05) is 42.5 Å². The standard InChI is InChI=1S/C23H20O2/c1-13-8-5-6-10-17(13)19-12-15(3)21-20-14(2)9-7-11-18(20)23(24)25-22(21)16(19)4/h5-12H,1-4H3. The van der Waals surface area contributed by atoms with Crippen molar-refractivity contribution in [3.63, 3.8) is 0 Å². The van der Waals surface area contributed by atoms with Gasteiger partial charge in [0.15, 0.2) is 0 Å². The van der Waals surface area contributed by atoms with Crippen molar-refractivity contribution < 1.29 is 4.42 Å². The Kier molecular flexibility index (Phi) is 3.50. The first-order chi connectivity index (χ1) is 12.0. The molecule has 0 N–H and O–H groups in total. The molecular weight excluding hydrogens is 308 g/mol. The fourth-order valence-electron chi connectivity index (χ4n) is 3.80. The van der Waals surface area contributed by atoms with Crippen LogP contribution in [-0.2, 0) is 0 Å². The summed E-state index contributed by atoms with van der Waals surface area (Å²) in [5, 5.41) is 2.70. The van der Waals surface area contributed by atoms with Gasteiger partial charge in [0.05, 0.1) is 5.39 Å². The Morgan fingerprint density at radius 1 is 0.720 bits per heavy atom. The molecule has 0 aliphatic carbocycles. The molecular formula is C23H20O2. The second-order valence-corrected chi connectivity index (χ2v) is 6.77. The molecule has 0 aliphatic heterocycles. The third kappa shape index (κ3) is 2.29. The van der Waals surface area contributed by atoms with Gasteiger partial charge >= 0.3 is 5.63 Å². The summed E-state index contributed by atoms with van der Waals surface area (Å²) in [6.45, 7) is 8.28. The van der Waals surface area contributed by atoms with Crippen molar-refractivity contribution in [3.05, 3.63) is 81.2 Å². The minimum Gasteiger partial charge on any atom is -0.422 e. The van der Waals surface area contributed by atoms with Gasteiger partial charge in [-0.15, -0.1) is 0 Å². The third-order valence-electron chi connectivity index (χ3n) is 5.10. The van der Waals surface area contributed by atoms with Crippen LogP contribution in [-0.4, -0.2) is 0 Å². The van der Waals surface area contributed by atoms with Gasteiger partial charge in [-0.25, -0.2) is 4.79 Å². The maximum Gasteiger partial charge on any atom is 0.344 e. The van der Waals surface area contributed by atoms with E-state index in [1.807, 2.05) is 44.2 Å². The minimum atomic E-state index is -0.268. The monoisotopic (exact) mass is 328 g/mol. The quantitative estimate of drug-likeness (QED) is 0.324. The molecule has 0 radical (unpaired) electrons. The predicted octanol–water partition coefficient (Wildman–Crippen LogP) is 5.85. The summed E-state index contributed by atoms with van der Waals surface area (Å²) >= 11 is 0. The maximum atomic E-state index is 12.6. The molecule has 0 amide bonds. The molecule has 0 bridgehead atoms. The first-order valence-corrected chi connectivity index (χ1v) is 8.51. The molecule has 3 aromatic carbocycles. The average molecular weight is 328 g/mol. The van der Waals surface area contributed by atoms with Gasteiger partial charge in [-0.2, -0.15) is 0 Å². The molecule has 2 nitrogen and oxygen atoms in total. The largest absolute Gasteiger partial charge is 0.422 e. The molecule has 2 heteroatoms. The summed E-state index contributed by atoms with van der Waals surface area (Å²) in [6, 6.07) is 16.3. The molecule has 0 unspecified atom stereocenters. The van der Waals surface area contributed by atoms with E-state index in [9.17, 15) is 4.79 Å². The fraction of sp³-hybridized carbons (Fsp3) is 0.174. The van der Waals surface area contributed by atoms with E-state index in [4.69, 9.17) is 4.42 Å². The minimum absolute atomic E-state index is 0.268.